The van der Waals surface area contributed by atoms with E-state index in [0.29, 0.717) is 11.1 Å². The number of aromatic carboxylic acids is 1. The molecule has 0 saturated carbocycles. The largest absolute Gasteiger partial charge is 0.478 e. The van der Waals surface area contributed by atoms with Crippen molar-refractivity contribution in [2.24, 2.45) is 0 Å². The fourth-order valence-electron chi connectivity index (χ4n) is 4.02. The fraction of sp³-hybridized carbons (Fsp3) is 0.185. The Bertz CT molecular complexity index is 1460. The molecule has 2 N–H and O–H groups in total. The minimum atomic E-state index is -4.67. The number of rotatable bonds is 6. The smallest absolute Gasteiger partial charge is 0.416 e. The Balaban J connectivity index is 1.86. The summed E-state index contributed by atoms with van der Waals surface area (Å²) in [6.45, 7) is 3.25. The van der Waals surface area contributed by atoms with Crippen LogP contribution in [-0.4, -0.2) is 11.1 Å². The molecule has 0 fully saturated rings. The molecule has 3 aromatic carbocycles. The number of benzene rings is 3. The van der Waals surface area contributed by atoms with Crippen molar-refractivity contribution in [3.63, 3.8) is 0 Å². The van der Waals surface area contributed by atoms with Gasteiger partial charge in [-0.25, -0.2) is 4.79 Å². The highest BCUT2D eigenvalue weighted by atomic mass is 19.4. The molecule has 0 bridgehead atoms. The number of halogens is 3. The van der Waals surface area contributed by atoms with E-state index in [2.05, 4.69) is 5.32 Å². The number of carboxylic acid groups (broad SMARTS) is 1. The van der Waals surface area contributed by atoms with E-state index in [1.807, 2.05) is 0 Å². The van der Waals surface area contributed by atoms with Crippen molar-refractivity contribution in [1.82, 2.24) is 5.32 Å². The summed E-state index contributed by atoms with van der Waals surface area (Å²) >= 11 is 0. The molecule has 0 aliphatic heterocycles. The van der Waals surface area contributed by atoms with E-state index in [-0.39, 0.29) is 40.0 Å². The van der Waals surface area contributed by atoms with Crippen LogP contribution in [0.25, 0.3) is 22.3 Å². The van der Waals surface area contributed by atoms with E-state index in [0.717, 1.165) is 12.1 Å². The maximum absolute atomic E-state index is 13.7. The molecule has 0 aliphatic carbocycles. The Morgan fingerprint density at radius 3 is 2.37 bits per heavy atom. The summed E-state index contributed by atoms with van der Waals surface area (Å²) < 4.78 is 47.2. The first-order valence-electron chi connectivity index (χ1n) is 10.9. The van der Waals surface area contributed by atoms with Crippen LogP contribution in [0, 0.1) is 6.92 Å². The molecule has 1 unspecified atom stereocenters. The minimum Gasteiger partial charge on any atom is -0.478 e. The molecule has 35 heavy (non-hydrogen) atoms. The van der Waals surface area contributed by atoms with Crippen LogP contribution in [-0.2, 0) is 12.7 Å². The van der Waals surface area contributed by atoms with Gasteiger partial charge in [-0.3, -0.25) is 4.79 Å². The second kappa shape index (κ2) is 9.38. The van der Waals surface area contributed by atoms with Gasteiger partial charge in [0, 0.05) is 29.3 Å². The lowest BCUT2D eigenvalue weighted by atomic mass is 9.98. The molecule has 4 aromatic rings. The van der Waals surface area contributed by atoms with Crippen molar-refractivity contribution < 1.29 is 27.5 Å². The molecule has 1 aromatic heterocycles. The van der Waals surface area contributed by atoms with Crippen molar-refractivity contribution in [2.75, 3.05) is 0 Å². The molecule has 0 saturated heterocycles. The molecule has 4 rings (SSSR count). The van der Waals surface area contributed by atoms with Gasteiger partial charge < -0.3 is 14.8 Å². The van der Waals surface area contributed by atoms with Crippen LogP contribution < -0.4 is 10.7 Å². The van der Waals surface area contributed by atoms with E-state index in [9.17, 15) is 27.9 Å². The highest BCUT2D eigenvalue weighted by Crippen LogP contribution is 2.36. The van der Waals surface area contributed by atoms with Crippen LogP contribution >= 0.6 is 0 Å². The van der Waals surface area contributed by atoms with Crippen molar-refractivity contribution in [1.29, 1.82) is 0 Å². The Hall–Kier alpha value is -3.91. The first-order valence-corrected chi connectivity index (χ1v) is 10.9. The maximum atomic E-state index is 13.7. The summed E-state index contributed by atoms with van der Waals surface area (Å²) in [4.78, 5) is 24.7. The highest BCUT2D eigenvalue weighted by molar-refractivity contribution is 5.89. The van der Waals surface area contributed by atoms with Gasteiger partial charge >= 0.3 is 12.1 Å². The van der Waals surface area contributed by atoms with Gasteiger partial charge in [-0.05, 0) is 37.6 Å². The molecule has 1 atom stereocenters. The number of carbonyl (C=O) groups is 1. The van der Waals surface area contributed by atoms with Gasteiger partial charge in [0.2, 0.25) is 0 Å². The lowest BCUT2D eigenvalue weighted by Gasteiger charge is -2.19. The maximum Gasteiger partial charge on any atom is 0.416 e. The third-order valence-electron chi connectivity index (χ3n) is 5.92. The second-order valence-electron chi connectivity index (χ2n) is 8.26. The van der Waals surface area contributed by atoms with Crippen LogP contribution in [0.3, 0.4) is 0 Å². The molecular weight excluding hydrogens is 459 g/mol. The standard InChI is InChI=1S/C27H22F3NO4/c1-15-23(32)22-13-19(27(28,29)30)12-21(25(22)35-24(15)17-8-4-3-5-9-17)16(2)31-14-18-10-6-7-11-20(18)26(33)34/h3-13,16,31H,14H2,1-2H3,(H,33,34). The lowest BCUT2D eigenvalue weighted by Crippen LogP contribution is -2.21. The Morgan fingerprint density at radius 2 is 1.71 bits per heavy atom. The highest BCUT2D eigenvalue weighted by Gasteiger charge is 2.33. The molecule has 0 radical (unpaired) electrons. The van der Waals surface area contributed by atoms with Gasteiger partial charge in [0.15, 0.2) is 5.43 Å². The van der Waals surface area contributed by atoms with Crippen LogP contribution in [0.5, 0.6) is 0 Å². The summed E-state index contributed by atoms with van der Waals surface area (Å²) in [5.74, 6) is -0.818. The van der Waals surface area contributed by atoms with Crippen molar-refractivity contribution in [3.8, 4) is 11.3 Å². The zero-order chi connectivity index (χ0) is 25.3. The third-order valence-corrected chi connectivity index (χ3v) is 5.92. The summed E-state index contributed by atoms with van der Waals surface area (Å²) in [5, 5.41) is 12.3. The van der Waals surface area contributed by atoms with Crippen LogP contribution in [0.4, 0.5) is 13.2 Å². The number of nitrogens with one attached hydrogen (secondary N) is 1. The number of hydrogen-bond donors (Lipinski definition) is 2. The fourth-order valence-corrected chi connectivity index (χ4v) is 4.02. The van der Waals surface area contributed by atoms with Crippen molar-refractivity contribution >= 4 is 16.9 Å². The third kappa shape index (κ3) is 4.83. The van der Waals surface area contributed by atoms with Crippen LogP contribution in [0.2, 0.25) is 0 Å². The van der Waals surface area contributed by atoms with Crippen molar-refractivity contribution in [2.45, 2.75) is 32.6 Å². The monoisotopic (exact) mass is 481 g/mol. The zero-order valence-electron chi connectivity index (χ0n) is 18.9. The molecule has 8 heteroatoms. The van der Waals surface area contributed by atoms with Gasteiger partial charge in [0.1, 0.15) is 11.3 Å². The predicted octanol–water partition coefficient (Wildman–Crippen LogP) is 6.34. The summed E-state index contributed by atoms with van der Waals surface area (Å²) in [7, 11) is 0. The van der Waals surface area contributed by atoms with E-state index in [1.54, 1.807) is 55.5 Å². The topological polar surface area (TPSA) is 79.5 Å². The number of hydrogen-bond acceptors (Lipinski definition) is 4. The zero-order valence-corrected chi connectivity index (χ0v) is 18.9. The van der Waals surface area contributed by atoms with Crippen LogP contribution in [0.15, 0.2) is 75.9 Å². The molecule has 0 spiro atoms. The van der Waals surface area contributed by atoms with Gasteiger partial charge in [-0.15, -0.1) is 0 Å². The Morgan fingerprint density at radius 1 is 1.06 bits per heavy atom. The normalized spacial score (nSPS) is 12.6. The predicted molar refractivity (Wildman–Crippen MR) is 126 cm³/mol. The summed E-state index contributed by atoms with van der Waals surface area (Å²) in [6.07, 6.45) is -4.67. The van der Waals surface area contributed by atoms with E-state index in [4.69, 9.17) is 4.42 Å². The Labute approximate surface area is 198 Å². The van der Waals surface area contributed by atoms with E-state index < -0.39 is 29.2 Å². The summed E-state index contributed by atoms with van der Waals surface area (Å²) in [5.41, 5.74) is 0.117. The van der Waals surface area contributed by atoms with Crippen molar-refractivity contribution in [3.05, 3.63) is 105 Å². The molecule has 0 aliphatic rings. The number of alkyl halides is 3. The number of carboxylic acids is 1. The molecule has 1 heterocycles. The molecule has 180 valence electrons. The molecule has 5 nitrogen and oxygen atoms in total. The summed E-state index contributed by atoms with van der Waals surface area (Å²) in [6, 6.07) is 16.3. The molecular formula is C27H22F3NO4. The first kappa shape index (κ1) is 24.2. The lowest BCUT2D eigenvalue weighted by molar-refractivity contribution is -0.137. The second-order valence-corrected chi connectivity index (χ2v) is 8.26. The van der Waals surface area contributed by atoms with Gasteiger partial charge in [0.05, 0.1) is 16.5 Å². The Kier molecular flexibility index (Phi) is 6.49. The average Bonchev–Trinajstić information content (AvgIpc) is 2.84. The molecule has 0 amide bonds. The quantitative estimate of drug-likeness (QED) is 0.336. The first-order chi connectivity index (χ1) is 16.6. The van der Waals surface area contributed by atoms with Gasteiger partial charge in [0.25, 0.3) is 0 Å². The SMILES string of the molecule is Cc1c(-c2ccccc2)oc2c(C(C)NCc3ccccc3C(=O)O)cc(C(F)(F)F)cc2c1=O. The van der Waals surface area contributed by atoms with Gasteiger partial charge in [-0.2, -0.15) is 13.2 Å². The van der Waals surface area contributed by atoms with E-state index >= 15 is 0 Å². The minimum absolute atomic E-state index is 0.0546. The number of fused-ring (bicyclic) bond motifs is 1. The average molecular weight is 481 g/mol. The van der Waals surface area contributed by atoms with E-state index in [1.165, 1.54) is 13.0 Å². The van der Waals surface area contributed by atoms with Gasteiger partial charge in [-0.1, -0.05) is 48.5 Å². The van der Waals surface area contributed by atoms with Crippen LogP contribution in [0.1, 0.15) is 45.6 Å².